The Morgan fingerprint density at radius 3 is 2.80 bits per heavy atom. The molecule has 2 saturated heterocycles. The molecule has 20 heavy (non-hydrogen) atoms. The molecule has 0 radical (unpaired) electrons. The number of nitrogens with zero attached hydrogens (tertiary/aromatic N) is 3. The van der Waals surface area contributed by atoms with Gasteiger partial charge in [0.1, 0.15) is 5.82 Å². The Balaban J connectivity index is 1.59. The third-order valence-electron chi connectivity index (χ3n) is 4.24. The van der Waals surface area contributed by atoms with Crippen molar-refractivity contribution in [3.05, 3.63) is 12.3 Å². The van der Waals surface area contributed by atoms with Crippen molar-refractivity contribution in [2.24, 2.45) is 0 Å². The minimum Gasteiger partial charge on any atom is -0.356 e. The number of hydrogen-bond acceptors (Lipinski definition) is 5. The van der Waals surface area contributed by atoms with E-state index in [9.17, 15) is 0 Å². The second kappa shape index (κ2) is 6.88. The standard InChI is InChI=1S/C15H25N5/c1-2-4-11-20(10-3-1)14-7-9-17-15(19-14)18-12-13-6-5-8-16-13/h7,9,13,16H,1-6,8,10-12H2,(H,17,18,19). The van der Waals surface area contributed by atoms with Crippen LogP contribution in [0, 0.1) is 0 Å². The lowest BCUT2D eigenvalue weighted by atomic mass is 10.2. The van der Waals surface area contributed by atoms with Gasteiger partial charge in [0, 0.05) is 31.9 Å². The smallest absolute Gasteiger partial charge is 0.224 e. The quantitative estimate of drug-likeness (QED) is 0.880. The zero-order valence-corrected chi connectivity index (χ0v) is 12.1. The Morgan fingerprint density at radius 2 is 2.05 bits per heavy atom. The number of rotatable bonds is 4. The maximum Gasteiger partial charge on any atom is 0.224 e. The largest absolute Gasteiger partial charge is 0.356 e. The van der Waals surface area contributed by atoms with Crippen LogP contribution in [0.15, 0.2) is 12.3 Å². The second-order valence-electron chi connectivity index (χ2n) is 5.81. The molecular formula is C15H25N5. The van der Waals surface area contributed by atoms with E-state index in [2.05, 4.69) is 25.5 Å². The van der Waals surface area contributed by atoms with Crippen LogP contribution in [-0.4, -0.2) is 42.2 Å². The molecule has 110 valence electrons. The Morgan fingerprint density at radius 1 is 1.20 bits per heavy atom. The molecule has 0 spiro atoms. The van der Waals surface area contributed by atoms with Crippen LogP contribution in [0.3, 0.4) is 0 Å². The number of anilines is 2. The van der Waals surface area contributed by atoms with E-state index in [0.29, 0.717) is 6.04 Å². The van der Waals surface area contributed by atoms with Gasteiger partial charge in [-0.1, -0.05) is 12.8 Å². The van der Waals surface area contributed by atoms with Crippen molar-refractivity contribution in [2.75, 3.05) is 36.4 Å². The zero-order valence-electron chi connectivity index (χ0n) is 12.1. The summed E-state index contributed by atoms with van der Waals surface area (Å²) in [6.45, 7) is 4.31. The number of nitrogens with one attached hydrogen (secondary N) is 2. The molecule has 1 aromatic rings. The van der Waals surface area contributed by atoms with E-state index in [1.54, 1.807) is 0 Å². The third kappa shape index (κ3) is 3.60. The molecule has 2 fully saturated rings. The molecule has 5 heteroatoms. The number of aromatic nitrogens is 2. The first kappa shape index (κ1) is 13.6. The van der Waals surface area contributed by atoms with Crippen LogP contribution in [0.4, 0.5) is 11.8 Å². The summed E-state index contributed by atoms with van der Waals surface area (Å²) in [4.78, 5) is 11.4. The van der Waals surface area contributed by atoms with Crippen molar-refractivity contribution in [1.29, 1.82) is 0 Å². The summed E-state index contributed by atoms with van der Waals surface area (Å²) in [6.07, 6.45) is 9.65. The van der Waals surface area contributed by atoms with Crippen LogP contribution in [0.25, 0.3) is 0 Å². The van der Waals surface area contributed by atoms with Crippen molar-refractivity contribution in [3.63, 3.8) is 0 Å². The molecule has 1 unspecified atom stereocenters. The van der Waals surface area contributed by atoms with E-state index < -0.39 is 0 Å². The van der Waals surface area contributed by atoms with Crippen molar-refractivity contribution in [2.45, 2.75) is 44.6 Å². The molecule has 3 heterocycles. The average molecular weight is 275 g/mol. The van der Waals surface area contributed by atoms with Crippen molar-refractivity contribution in [1.82, 2.24) is 15.3 Å². The molecule has 0 aromatic carbocycles. The Labute approximate surface area is 121 Å². The molecule has 0 amide bonds. The fraction of sp³-hybridized carbons (Fsp3) is 0.733. The molecular weight excluding hydrogens is 250 g/mol. The summed E-state index contributed by atoms with van der Waals surface area (Å²) >= 11 is 0. The molecule has 0 aliphatic carbocycles. The van der Waals surface area contributed by atoms with Crippen molar-refractivity contribution < 1.29 is 0 Å². The summed E-state index contributed by atoms with van der Waals surface area (Å²) in [6, 6.07) is 2.60. The van der Waals surface area contributed by atoms with Crippen LogP contribution >= 0.6 is 0 Å². The van der Waals surface area contributed by atoms with Gasteiger partial charge in [-0.15, -0.1) is 0 Å². The monoisotopic (exact) mass is 275 g/mol. The SMILES string of the molecule is c1cc(N2CCCCCC2)nc(NCC2CCCN2)n1. The predicted molar refractivity (Wildman–Crippen MR) is 82.2 cm³/mol. The van der Waals surface area contributed by atoms with E-state index in [0.717, 1.165) is 37.9 Å². The van der Waals surface area contributed by atoms with Crippen LogP contribution < -0.4 is 15.5 Å². The maximum atomic E-state index is 4.67. The minimum atomic E-state index is 0.570. The van der Waals surface area contributed by atoms with E-state index >= 15 is 0 Å². The molecule has 3 rings (SSSR count). The fourth-order valence-electron chi connectivity index (χ4n) is 3.06. The first-order chi connectivity index (χ1) is 9.92. The van der Waals surface area contributed by atoms with Gasteiger partial charge in [-0.3, -0.25) is 0 Å². The average Bonchev–Trinajstić information content (AvgIpc) is 2.86. The molecule has 5 nitrogen and oxygen atoms in total. The molecule has 2 N–H and O–H groups in total. The van der Waals surface area contributed by atoms with E-state index in [1.807, 2.05) is 12.3 Å². The first-order valence-electron chi connectivity index (χ1n) is 7.97. The molecule has 2 aliphatic rings. The van der Waals surface area contributed by atoms with Gasteiger partial charge in [0.15, 0.2) is 0 Å². The van der Waals surface area contributed by atoms with Crippen LogP contribution in [0.5, 0.6) is 0 Å². The highest BCUT2D eigenvalue weighted by molar-refractivity contribution is 5.42. The van der Waals surface area contributed by atoms with Crippen LogP contribution in [0.1, 0.15) is 38.5 Å². The number of hydrogen-bond donors (Lipinski definition) is 2. The van der Waals surface area contributed by atoms with Gasteiger partial charge in [-0.2, -0.15) is 4.98 Å². The third-order valence-corrected chi connectivity index (χ3v) is 4.24. The lowest BCUT2D eigenvalue weighted by Gasteiger charge is -2.21. The summed E-state index contributed by atoms with van der Waals surface area (Å²) in [7, 11) is 0. The van der Waals surface area contributed by atoms with Gasteiger partial charge in [0.25, 0.3) is 0 Å². The summed E-state index contributed by atoms with van der Waals surface area (Å²) in [5.41, 5.74) is 0. The highest BCUT2D eigenvalue weighted by Gasteiger charge is 2.15. The van der Waals surface area contributed by atoms with Gasteiger partial charge in [-0.25, -0.2) is 4.98 Å². The Kier molecular flexibility index (Phi) is 4.69. The normalized spacial score (nSPS) is 23.6. The van der Waals surface area contributed by atoms with Crippen molar-refractivity contribution in [3.8, 4) is 0 Å². The summed E-state index contributed by atoms with van der Waals surface area (Å²) < 4.78 is 0. The predicted octanol–water partition coefficient (Wildman–Crippen LogP) is 2.02. The molecule has 1 aromatic heterocycles. The molecule has 0 bridgehead atoms. The summed E-state index contributed by atoms with van der Waals surface area (Å²) in [5, 5.41) is 6.85. The Hall–Kier alpha value is -1.36. The second-order valence-corrected chi connectivity index (χ2v) is 5.81. The Bertz CT molecular complexity index is 408. The lowest BCUT2D eigenvalue weighted by molar-refractivity contribution is 0.631. The van der Waals surface area contributed by atoms with Gasteiger partial charge in [0.2, 0.25) is 5.95 Å². The lowest BCUT2D eigenvalue weighted by Crippen LogP contribution is -2.30. The van der Waals surface area contributed by atoms with Gasteiger partial charge in [0.05, 0.1) is 0 Å². The van der Waals surface area contributed by atoms with Crippen LogP contribution in [0.2, 0.25) is 0 Å². The highest BCUT2D eigenvalue weighted by atomic mass is 15.2. The molecule has 0 saturated carbocycles. The van der Waals surface area contributed by atoms with Gasteiger partial charge in [-0.05, 0) is 38.3 Å². The van der Waals surface area contributed by atoms with E-state index in [1.165, 1.54) is 38.5 Å². The zero-order chi connectivity index (χ0) is 13.6. The van der Waals surface area contributed by atoms with E-state index in [-0.39, 0.29) is 0 Å². The first-order valence-corrected chi connectivity index (χ1v) is 7.97. The topological polar surface area (TPSA) is 53.1 Å². The van der Waals surface area contributed by atoms with E-state index in [4.69, 9.17) is 0 Å². The molecule has 2 aliphatic heterocycles. The fourth-order valence-corrected chi connectivity index (χ4v) is 3.06. The van der Waals surface area contributed by atoms with Crippen molar-refractivity contribution >= 4 is 11.8 Å². The minimum absolute atomic E-state index is 0.570. The summed E-state index contributed by atoms with van der Waals surface area (Å²) in [5.74, 6) is 1.84. The highest BCUT2D eigenvalue weighted by Crippen LogP contribution is 2.18. The molecule has 1 atom stereocenters. The van der Waals surface area contributed by atoms with Gasteiger partial charge >= 0.3 is 0 Å². The maximum absolute atomic E-state index is 4.67. The van der Waals surface area contributed by atoms with Gasteiger partial charge < -0.3 is 15.5 Å². The van der Waals surface area contributed by atoms with Crippen LogP contribution in [-0.2, 0) is 0 Å².